The van der Waals surface area contributed by atoms with Gasteiger partial charge >= 0.3 is 0 Å². The normalized spacial score (nSPS) is 17.3. The summed E-state index contributed by atoms with van der Waals surface area (Å²) < 4.78 is 0. The highest BCUT2D eigenvalue weighted by atomic mass is 15.1. The second kappa shape index (κ2) is 6.86. The maximum absolute atomic E-state index is 5.62. The van der Waals surface area contributed by atoms with E-state index >= 15 is 0 Å². The fourth-order valence-corrected chi connectivity index (χ4v) is 2.88. The van der Waals surface area contributed by atoms with Crippen LogP contribution < -0.4 is 5.73 Å². The van der Waals surface area contributed by atoms with Crippen LogP contribution in [0.5, 0.6) is 0 Å². The van der Waals surface area contributed by atoms with Gasteiger partial charge in [0.05, 0.1) is 11.4 Å². The van der Waals surface area contributed by atoms with Gasteiger partial charge in [-0.2, -0.15) is 0 Å². The van der Waals surface area contributed by atoms with E-state index in [0.29, 0.717) is 6.54 Å². The van der Waals surface area contributed by atoms with Crippen molar-refractivity contribution in [3.8, 4) is 0 Å². The molecule has 1 aromatic heterocycles. The third-order valence-corrected chi connectivity index (χ3v) is 3.80. The van der Waals surface area contributed by atoms with Crippen LogP contribution in [0.3, 0.4) is 0 Å². The summed E-state index contributed by atoms with van der Waals surface area (Å²) >= 11 is 0. The van der Waals surface area contributed by atoms with Crippen molar-refractivity contribution in [2.45, 2.75) is 45.2 Å². The van der Waals surface area contributed by atoms with Gasteiger partial charge in [0.1, 0.15) is 0 Å². The summed E-state index contributed by atoms with van der Waals surface area (Å²) in [7, 11) is 2.20. The molecule has 3 heteroatoms. The minimum atomic E-state index is 0.528. The lowest BCUT2D eigenvalue weighted by molar-refractivity contribution is 0.226. The monoisotopic (exact) mass is 247 g/mol. The van der Waals surface area contributed by atoms with Gasteiger partial charge in [-0.15, -0.1) is 0 Å². The standard InChI is InChI=1S/C15H25N3/c1-18(11-13-6-3-2-4-7-13)12-15-9-5-8-14(10-16)17-15/h5,8-9,13H,2-4,6-7,10-12,16H2,1H3. The lowest BCUT2D eigenvalue weighted by Gasteiger charge is -2.26. The van der Waals surface area contributed by atoms with Gasteiger partial charge in [-0.25, -0.2) is 0 Å². The maximum atomic E-state index is 5.62. The smallest absolute Gasteiger partial charge is 0.0547 e. The summed E-state index contributed by atoms with van der Waals surface area (Å²) in [6.07, 6.45) is 7.07. The molecule has 100 valence electrons. The molecule has 1 aliphatic rings. The molecule has 18 heavy (non-hydrogen) atoms. The highest BCUT2D eigenvalue weighted by molar-refractivity contribution is 5.10. The van der Waals surface area contributed by atoms with E-state index in [1.165, 1.54) is 38.6 Å². The van der Waals surface area contributed by atoms with Gasteiger partial charge in [0.25, 0.3) is 0 Å². The van der Waals surface area contributed by atoms with E-state index in [1.807, 2.05) is 6.07 Å². The van der Waals surface area contributed by atoms with Crippen molar-refractivity contribution in [1.29, 1.82) is 0 Å². The van der Waals surface area contributed by atoms with Gasteiger partial charge in [0.2, 0.25) is 0 Å². The number of nitrogens with two attached hydrogens (primary N) is 1. The zero-order chi connectivity index (χ0) is 12.8. The predicted octanol–water partition coefficient (Wildman–Crippen LogP) is 2.55. The van der Waals surface area contributed by atoms with Crippen LogP contribution in [0.4, 0.5) is 0 Å². The molecule has 0 spiro atoms. The van der Waals surface area contributed by atoms with Crippen molar-refractivity contribution >= 4 is 0 Å². The predicted molar refractivity (Wildman–Crippen MR) is 75.0 cm³/mol. The fraction of sp³-hybridized carbons (Fsp3) is 0.667. The Labute approximate surface area is 110 Å². The Balaban J connectivity index is 1.83. The molecule has 1 saturated carbocycles. The topological polar surface area (TPSA) is 42.1 Å². The molecule has 0 atom stereocenters. The van der Waals surface area contributed by atoms with Crippen LogP contribution in [-0.2, 0) is 13.1 Å². The van der Waals surface area contributed by atoms with Crippen LogP contribution in [-0.4, -0.2) is 23.5 Å². The van der Waals surface area contributed by atoms with Crippen molar-refractivity contribution in [1.82, 2.24) is 9.88 Å². The number of hydrogen-bond acceptors (Lipinski definition) is 3. The molecule has 0 saturated heterocycles. The molecular weight excluding hydrogens is 222 g/mol. The largest absolute Gasteiger partial charge is 0.325 e. The lowest BCUT2D eigenvalue weighted by atomic mass is 9.89. The van der Waals surface area contributed by atoms with Gasteiger partial charge in [-0.3, -0.25) is 4.98 Å². The minimum Gasteiger partial charge on any atom is -0.325 e. The number of nitrogens with zero attached hydrogens (tertiary/aromatic N) is 2. The molecule has 0 amide bonds. The van der Waals surface area contributed by atoms with E-state index in [2.05, 4.69) is 29.1 Å². The first-order chi connectivity index (χ1) is 8.78. The van der Waals surface area contributed by atoms with E-state index < -0.39 is 0 Å². The lowest BCUT2D eigenvalue weighted by Crippen LogP contribution is -2.27. The average molecular weight is 247 g/mol. The van der Waals surface area contributed by atoms with E-state index in [-0.39, 0.29) is 0 Å². The van der Waals surface area contributed by atoms with Crippen molar-refractivity contribution in [2.75, 3.05) is 13.6 Å². The van der Waals surface area contributed by atoms with Crippen LogP contribution in [0.25, 0.3) is 0 Å². The molecular formula is C15H25N3. The molecule has 3 nitrogen and oxygen atoms in total. The molecule has 1 heterocycles. The van der Waals surface area contributed by atoms with Gasteiger partial charge in [-0.1, -0.05) is 25.3 Å². The Morgan fingerprint density at radius 3 is 2.67 bits per heavy atom. The van der Waals surface area contributed by atoms with Gasteiger partial charge in [0, 0.05) is 19.6 Å². The van der Waals surface area contributed by atoms with E-state index in [9.17, 15) is 0 Å². The second-order valence-electron chi connectivity index (χ2n) is 5.53. The van der Waals surface area contributed by atoms with Crippen molar-refractivity contribution in [3.63, 3.8) is 0 Å². The second-order valence-corrected chi connectivity index (χ2v) is 5.53. The number of aromatic nitrogens is 1. The quantitative estimate of drug-likeness (QED) is 0.869. The van der Waals surface area contributed by atoms with Crippen LogP contribution in [0.2, 0.25) is 0 Å². The highest BCUT2D eigenvalue weighted by Gasteiger charge is 2.15. The van der Waals surface area contributed by atoms with E-state index in [0.717, 1.165) is 23.9 Å². The van der Waals surface area contributed by atoms with Gasteiger partial charge in [0.15, 0.2) is 0 Å². The Morgan fingerprint density at radius 2 is 1.94 bits per heavy atom. The third kappa shape index (κ3) is 4.07. The zero-order valence-electron chi connectivity index (χ0n) is 11.4. The Morgan fingerprint density at radius 1 is 1.22 bits per heavy atom. The number of hydrogen-bond donors (Lipinski definition) is 1. The van der Waals surface area contributed by atoms with Gasteiger partial charge < -0.3 is 10.6 Å². The first-order valence-electron chi connectivity index (χ1n) is 7.11. The highest BCUT2D eigenvalue weighted by Crippen LogP contribution is 2.24. The van der Waals surface area contributed by atoms with Crippen molar-refractivity contribution < 1.29 is 0 Å². The first kappa shape index (κ1) is 13.5. The summed E-state index contributed by atoms with van der Waals surface area (Å²) in [6.45, 7) is 2.67. The molecule has 1 aromatic rings. The van der Waals surface area contributed by atoms with Crippen LogP contribution in [0.15, 0.2) is 18.2 Å². The third-order valence-electron chi connectivity index (χ3n) is 3.80. The van der Waals surface area contributed by atoms with Crippen molar-refractivity contribution in [3.05, 3.63) is 29.6 Å². The summed E-state index contributed by atoms with van der Waals surface area (Å²) in [5, 5.41) is 0. The summed E-state index contributed by atoms with van der Waals surface area (Å²) in [4.78, 5) is 6.96. The summed E-state index contributed by atoms with van der Waals surface area (Å²) in [5.41, 5.74) is 7.74. The number of rotatable bonds is 5. The molecule has 1 aliphatic carbocycles. The average Bonchev–Trinajstić information content (AvgIpc) is 2.40. The molecule has 1 fully saturated rings. The summed E-state index contributed by atoms with van der Waals surface area (Å²) in [5.74, 6) is 0.890. The first-order valence-corrected chi connectivity index (χ1v) is 7.11. The maximum Gasteiger partial charge on any atom is 0.0547 e. The van der Waals surface area contributed by atoms with Crippen LogP contribution >= 0.6 is 0 Å². The molecule has 0 bridgehead atoms. The summed E-state index contributed by atoms with van der Waals surface area (Å²) in [6, 6.07) is 6.14. The van der Waals surface area contributed by atoms with E-state index in [4.69, 9.17) is 5.73 Å². The van der Waals surface area contributed by atoms with Crippen LogP contribution in [0, 0.1) is 5.92 Å². The van der Waals surface area contributed by atoms with Crippen LogP contribution in [0.1, 0.15) is 43.5 Å². The Hall–Kier alpha value is -0.930. The van der Waals surface area contributed by atoms with E-state index in [1.54, 1.807) is 0 Å². The molecule has 0 aromatic carbocycles. The zero-order valence-corrected chi connectivity index (χ0v) is 11.4. The minimum absolute atomic E-state index is 0.528. The Kier molecular flexibility index (Phi) is 5.14. The number of pyridine rings is 1. The SMILES string of the molecule is CN(Cc1cccc(CN)n1)CC1CCCCC1. The Bertz CT molecular complexity index is 359. The fourth-order valence-electron chi connectivity index (χ4n) is 2.88. The van der Waals surface area contributed by atoms with Gasteiger partial charge in [-0.05, 0) is 37.9 Å². The molecule has 0 aliphatic heterocycles. The molecule has 0 unspecified atom stereocenters. The molecule has 2 rings (SSSR count). The molecule has 0 radical (unpaired) electrons. The van der Waals surface area contributed by atoms with Crippen molar-refractivity contribution in [2.24, 2.45) is 11.7 Å². The molecule has 2 N–H and O–H groups in total.